The zero-order valence-corrected chi connectivity index (χ0v) is 10.7. The number of aromatic nitrogens is 3. The predicted octanol–water partition coefficient (Wildman–Crippen LogP) is 2.13. The second-order valence-electron chi connectivity index (χ2n) is 4.58. The predicted molar refractivity (Wildman–Crippen MR) is 71.3 cm³/mol. The van der Waals surface area contributed by atoms with E-state index in [0.29, 0.717) is 0 Å². The van der Waals surface area contributed by atoms with Crippen LogP contribution in [0.3, 0.4) is 0 Å². The van der Waals surface area contributed by atoms with Crippen molar-refractivity contribution in [2.75, 3.05) is 0 Å². The number of hydrogen-bond donors (Lipinski definition) is 1. The second-order valence-corrected chi connectivity index (χ2v) is 4.58. The minimum atomic E-state index is -0.857. The molecule has 0 aliphatic carbocycles. The van der Waals surface area contributed by atoms with Crippen LogP contribution in [0.15, 0.2) is 24.3 Å². The molecule has 0 spiro atoms. The average molecular weight is 255 g/mol. The lowest BCUT2D eigenvalue weighted by atomic mass is 10.1. The molecular weight excluding hydrogens is 242 g/mol. The summed E-state index contributed by atoms with van der Waals surface area (Å²) in [5, 5.41) is 14.4. The molecule has 96 valence electrons. The first-order valence-corrected chi connectivity index (χ1v) is 6.03. The van der Waals surface area contributed by atoms with E-state index in [4.69, 9.17) is 5.11 Å². The SMILES string of the molecule is Cc1nc2c3ccccc3nn2c(C)c1CC(=O)O. The number of benzene rings is 1. The molecule has 0 radical (unpaired) electrons. The van der Waals surface area contributed by atoms with Crippen LogP contribution in [-0.2, 0) is 11.2 Å². The van der Waals surface area contributed by atoms with Gasteiger partial charge in [0, 0.05) is 22.3 Å². The number of carbonyl (C=O) groups is 1. The van der Waals surface area contributed by atoms with Gasteiger partial charge in [0.25, 0.3) is 0 Å². The third-order valence-corrected chi connectivity index (χ3v) is 3.35. The molecule has 1 aromatic carbocycles. The van der Waals surface area contributed by atoms with Gasteiger partial charge in [0.05, 0.1) is 11.9 Å². The summed E-state index contributed by atoms with van der Waals surface area (Å²) in [6.45, 7) is 3.72. The van der Waals surface area contributed by atoms with E-state index < -0.39 is 5.97 Å². The topological polar surface area (TPSA) is 67.5 Å². The van der Waals surface area contributed by atoms with Gasteiger partial charge in [0.1, 0.15) is 0 Å². The second kappa shape index (κ2) is 4.05. The fourth-order valence-electron chi connectivity index (χ4n) is 2.38. The van der Waals surface area contributed by atoms with Crippen LogP contribution in [0.2, 0.25) is 0 Å². The number of carboxylic acid groups (broad SMARTS) is 1. The van der Waals surface area contributed by atoms with Gasteiger partial charge >= 0.3 is 5.97 Å². The van der Waals surface area contributed by atoms with Gasteiger partial charge in [-0.15, -0.1) is 0 Å². The minimum Gasteiger partial charge on any atom is -0.481 e. The van der Waals surface area contributed by atoms with Crippen LogP contribution in [0.1, 0.15) is 17.0 Å². The molecule has 0 amide bonds. The van der Waals surface area contributed by atoms with E-state index in [9.17, 15) is 4.79 Å². The average Bonchev–Trinajstić information content (AvgIpc) is 2.73. The number of aryl methyl sites for hydroxylation is 2. The Labute approximate surface area is 109 Å². The zero-order chi connectivity index (χ0) is 13.6. The summed E-state index contributed by atoms with van der Waals surface area (Å²) in [7, 11) is 0. The van der Waals surface area contributed by atoms with E-state index >= 15 is 0 Å². The molecule has 5 nitrogen and oxygen atoms in total. The highest BCUT2D eigenvalue weighted by atomic mass is 16.4. The molecule has 0 fully saturated rings. The Morgan fingerprint density at radius 1 is 1.32 bits per heavy atom. The highest BCUT2D eigenvalue weighted by Gasteiger charge is 2.15. The summed E-state index contributed by atoms with van der Waals surface area (Å²) in [5.74, 6) is -0.857. The number of carboxylic acids is 1. The molecule has 0 unspecified atom stereocenters. The molecule has 1 N–H and O–H groups in total. The Bertz CT molecular complexity index is 805. The van der Waals surface area contributed by atoms with E-state index in [1.165, 1.54) is 0 Å². The molecule has 0 saturated carbocycles. The van der Waals surface area contributed by atoms with Crippen molar-refractivity contribution in [2.24, 2.45) is 0 Å². The van der Waals surface area contributed by atoms with Gasteiger partial charge in [-0.1, -0.05) is 12.1 Å². The van der Waals surface area contributed by atoms with Crippen LogP contribution in [0.25, 0.3) is 16.6 Å². The lowest BCUT2D eigenvalue weighted by molar-refractivity contribution is -0.136. The standard InChI is InChI=1S/C14H13N3O2/c1-8-11(7-13(18)19)9(2)17-14(15-8)10-5-3-4-6-12(10)16-17/h3-6H,7H2,1-2H3,(H,18,19). The van der Waals surface area contributed by atoms with Gasteiger partial charge in [0.2, 0.25) is 0 Å². The summed E-state index contributed by atoms with van der Waals surface area (Å²) in [4.78, 5) is 15.4. The molecule has 0 bridgehead atoms. The third kappa shape index (κ3) is 1.74. The highest BCUT2D eigenvalue weighted by molar-refractivity contribution is 5.92. The van der Waals surface area contributed by atoms with Crippen molar-refractivity contribution in [3.63, 3.8) is 0 Å². The van der Waals surface area contributed by atoms with E-state index in [-0.39, 0.29) is 6.42 Å². The largest absolute Gasteiger partial charge is 0.481 e. The Balaban J connectivity index is 2.38. The third-order valence-electron chi connectivity index (χ3n) is 3.35. The van der Waals surface area contributed by atoms with Crippen molar-refractivity contribution in [1.29, 1.82) is 0 Å². The molecule has 0 aliphatic heterocycles. The van der Waals surface area contributed by atoms with Gasteiger partial charge in [-0.2, -0.15) is 5.10 Å². The number of rotatable bonds is 2. The van der Waals surface area contributed by atoms with Crippen LogP contribution in [0, 0.1) is 13.8 Å². The van der Waals surface area contributed by atoms with Gasteiger partial charge in [-0.25, -0.2) is 9.50 Å². The highest BCUT2D eigenvalue weighted by Crippen LogP contribution is 2.22. The number of fused-ring (bicyclic) bond motifs is 3. The molecule has 2 heterocycles. The van der Waals surface area contributed by atoms with Gasteiger partial charge in [-0.05, 0) is 26.0 Å². The van der Waals surface area contributed by atoms with E-state index in [0.717, 1.165) is 33.5 Å². The summed E-state index contributed by atoms with van der Waals surface area (Å²) in [6.07, 6.45) is -0.0309. The van der Waals surface area contributed by atoms with Crippen molar-refractivity contribution in [2.45, 2.75) is 20.3 Å². The maximum atomic E-state index is 10.9. The van der Waals surface area contributed by atoms with Crippen molar-refractivity contribution in [3.05, 3.63) is 41.2 Å². The van der Waals surface area contributed by atoms with Crippen LogP contribution in [-0.4, -0.2) is 25.7 Å². The Hall–Kier alpha value is -2.43. The first-order valence-electron chi connectivity index (χ1n) is 6.03. The number of hydrogen-bond acceptors (Lipinski definition) is 3. The van der Waals surface area contributed by atoms with Gasteiger partial charge in [-0.3, -0.25) is 4.79 Å². The lowest BCUT2D eigenvalue weighted by Crippen LogP contribution is -2.10. The molecule has 19 heavy (non-hydrogen) atoms. The quantitative estimate of drug-likeness (QED) is 0.761. The van der Waals surface area contributed by atoms with E-state index in [2.05, 4.69) is 10.1 Å². The zero-order valence-electron chi connectivity index (χ0n) is 10.7. The fourth-order valence-corrected chi connectivity index (χ4v) is 2.38. The summed E-state index contributed by atoms with van der Waals surface area (Å²) in [6, 6.07) is 7.77. The maximum Gasteiger partial charge on any atom is 0.307 e. The molecular formula is C14H13N3O2. The normalized spacial score (nSPS) is 11.3. The molecule has 3 rings (SSSR count). The summed E-state index contributed by atoms with van der Waals surface area (Å²) < 4.78 is 1.73. The first kappa shape index (κ1) is 11.6. The molecule has 0 saturated heterocycles. The van der Waals surface area contributed by atoms with Crippen molar-refractivity contribution < 1.29 is 9.90 Å². The van der Waals surface area contributed by atoms with Crippen LogP contribution in [0.4, 0.5) is 0 Å². The maximum absolute atomic E-state index is 10.9. The van der Waals surface area contributed by atoms with Crippen molar-refractivity contribution >= 4 is 22.5 Å². The lowest BCUT2D eigenvalue weighted by Gasteiger charge is -2.08. The van der Waals surface area contributed by atoms with Gasteiger partial charge in [0.15, 0.2) is 5.65 Å². The van der Waals surface area contributed by atoms with E-state index in [1.807, 2.05) is 38.1 Å². The van der Waals surface area contributed by atoms with Crippen LogP contribution >= 0.6 is 0 Å². The summed E-state index contributed by atoms with van der Waals surface area (Å²) >= 11 is 0. The molecule has 0 atom stereocenters. The molecule has 3 aromatic rings. The van der Waals surface area contributed by atoms with E-state index in [1.54, 1.807) is 4.52 Å². The van der Waals surface area contributed by atoms with Gasteiger partial charge < -0.3 is 5.11 Å². The number of nitrogens with zero attached hydrogens (tertiary/aromatic N) is 3. The van der Waals surface area contributed by atoms with Crippen LogP contribution in [0.5, 0.6) is 0 Å². The summed E-state index contributed by atoms with van der Waals surface area (Å²) in [5.41, 5.74) is 3.96. The number of aliphatic carboxylic acids is 1. The monoisotopic (exact) mass is 255 g/mol. The first-order chi connectivity index (χ1) is 9.08. The fraction of sp³-hybridized carbons (Fsp3) is 0.214. The Kier molecular flexibility index (Phi) is 2.48. The minimum absolute atomic E-state index is 0.0309. The molecule has 5 heteroatoms. The van der Waals surface area contributed by atoms with Crippen LogP contribution < -0.4 is 0 Å². The molecule has 2 aromatic heterocycles. The molecule has 0 aliphatic rings. The Morgan fingerprint density at radius 3 is 2.79 bits per heavy atom. The van der Waals surface area contributed by atoms with Crippen molar-refractivity contribution in [1.82, 2.24) is 14.6 Å². The Morgan fingerprint density at radius 2 is 2.05 bits per heavy atom. The van der Waals surface area contributed by atoms with Crippen molar-refractivity contribution in [3.8, 4) is 0 Å². The smallest absolute Gasteiger partial charge is 0.307 e.